The van der Waals surface area contributed by atoms with E-state index in [0.717, 1.165) is 0 Å². The summed E-state index contributed by atoms with van der Waals surface area (Å²) in [4.78, 5) is 21.0. The molecular weight excluding hydrogens is 144 g/mol. The van der Waals surface area contributed by atoms with Crippen molar-refractivity contribution in [1.29, 1.82) is 0 Å². The summed E-state index contributed by atoms with van der Waals surface area (Å²) in [5.41, 5.74) is -0.146. The Labute approximate surface area is 66.7 Å². The first-order valence-corrected chi connectivity index (χ1v) is 3.38. The number of carbonyl (C=O) groups excluding carboxylic acids is 2. The Morgan fingerprint density at radius 2 is 1.82 bits per heavy atom. The lowest BCUT2D eigenvalue weighted by Gasteiger charge is -2.15. The molecule has 0 aliphatic carbocycles. The van der Waals surface area contributed by atoms with Gasteiger partial charge in [0.1, 0.15) is 0 Å². The van der Waals surface area contributed by atoms with E-state index in [9.17, 15) is 9.59 Å². The zero-order valence-electron chi connectivity index (χ0n) is 7.14. The predicted octanol–water partition coefficient (Wildman–Crippen LogP) is 1.33. The molecule has 0 bridgehead atoms. The molecular formula is C8H13O3. The normalized spacial score (nSPS) is 10.9. The van der Waals surface area contributed by atoms with Crippen LogP contribution in [0.15, 0.2) is 0 Å². The first-order valence-electron chi connectivity index (χ1n) is 3.38. The maximum absolute atomic E-state index is 10.8. The molecule has 1 radical (unpaired) electrons. The van der Waals surface area contributed by atoms with Crippen molar-refractivity contribution >= 4 is 11.9 Å². The van der Waals surface area contributed by atoms with Gasteiger partial charge < -0.3 is 4.74 Å². The third-order valence-electron chi connectivity index (χ3n) is 0.902. The Hall–Kier alpha value is -0.860. The van der Waals surface area contributed by atoms with Crippen LogP contribution in [-0.2, 0) is 14.3 Å². The van der Waals surface area contributed by atoms with Crippen molar-refractivity contribution in [3.05, 3.63) is 6.92 Å². The molecule has 0 aromatic rings. The van der Waals surface area contributed by atoms with E-state index < -0.39 is 11.9 Å². The van der Waals surface area contributed by atoms with Gasteiger partial charge in [0, 0.05) is 0 Å². The second-order valence-corrected chi connectivity index (χ2v) is 3.58. The van der Waals surface area contributed by atoms with Gasteiger partial charge in [-0.2, -0.15) is 0 Å². The van der Waals surface area contributed by atoms with Crippen LogP contribution < -0.4 is 0 Å². The quantitative estimate of drug-likeness (QED) is 0.426. The van der Waals surface area contributed by atoms with Crippen LogP contribution in [0.4, 0.5) is 0 Å². The lowest BCUT2D eigenvalue weighted by molar-refractivity contribution is -0.157. The summed E-state index contributed by atoms with van der Waals surface area (Å²) in [6.45, 7) is 8.60. The van der Waals surface area contributed by atoms with E-state index in [0.29, 0.717) is 0 Å². The Bertz CT molecular complexity index is 165. The largest absolute Gasteiger partial charge is 0.393 e. The van der Waals surface area contributed by atoms with Crippen molar-refractivity contribution in [2.75, 3.05) is 0 Å². The molecule has 0 rings (SSSR count). The molecule has 0 saturated heterocycles. The molecule has 0 N–H and O–H groups in total. The van der Waals surface area contributed by atoms with E-state index in [1.807, 2.05) is 20.8 Å². The zero-order chi connectivity index (χ0) is 9.07. The fourth-order valence-electron chi connectivity index (χ4n) is 0.596. The van der Waals surface area contributed by atoms with E-state index in [1.165, 1.54) is 0 Å². The van der Waals surface area contributed by atoms with Crippen LogP contribution in [0.25, 0.3) is 0 Å². The van der Waals surface area contributed by atoms with Crippen LogP contribution in [0.5, 0.6) is 0 Å². The zero-order valence-corrected chi connectivity index (χ0v) is 7.14. The molecule has 3 heteroatoms. The Morgan fingerprint density at radius 1 is 1.36 bits per heavy atom. The standard InChI is InChI=1S/C8H13O3/c1-6(9)11-7(10)5-8(2,3)4/h1,5H2,2-4H3. The SMILES string of the molecule is [CH2]C(=O)OC(=O)CC(C)(C)C. The predicted molar refractivity (Wildman–Crippen MR) is 40.5 cm³/mol. The molecule has 0 amide bonds. The molecule has 0 aromatic carbocycles. The number of hydrogen-bond acceptors (Lipinski definition) is 3. The number of carbonyl (C=O) groups is 2. The van der Waals surface area contributed by atoms with Gasteiger partial charge in [-0.25, -0.2) is 0 Å². The molecule has 0 fully saturated rings. The first kappa shape index (κ1) is 10.1. The van der Waals surface area contributed by atoms with Crippen molar-refractivity contribution in [1.82, 2.24) is 0 Å². The van der Waals surface area contributed by atoms with Crippen molar-refractivity contribution < 1.29 is 14.3 Å². The maximum Gasteiger partial charge on any atom is 0.314 e. The summed E-state index contributed by atoms with van der Waals surface area (Å²) in [5, 5.41) is 0. The van der Waals surface area contributed by atoms with E-state index in [2.05, 4.69) is 11.7 Å². The molecule has 11 heavy (non-hydrogen) atoms. The lowest BCUT2D eigenvalue weighted by atomic mass is 9.93. The molecule has 0 aromatic heterocycles. The summed E-state index contributed by atoms with van der Waals surface area (Å²) < 4.78 is 4.24. The van der Waals surface area contributed by atoms with E-state index >= 15 is 0 Å². The fourth-order valence-corrected chi connectivity index (χ4v) is 0.596. The average molecular weight is 157 g/mol. The summed E-state index contributed by atoms with van der Waals surface area (Å²) in [6.07, 6.45) is 0.230. The van der Waals surface area contributed by atoms with Crippen molar-refractivity contribution in [3.8, 4) is 0 Å². The number of esters is 2. The molecule has 3 nitrogen and oxygen atoms in total. The third kappa shape index (κ3) is 7.03. The van der Waals surface area contributed by atoms with Gasteiger partial charge >= 0.3 is 11.9 Å². The number of rotatable bonds is 1. The van der Waals surface area contributed by atoms with Crippen LogP contribution in [0.3, 0.4) is 0 Å². The van der Waals surface area contributed by atoms with Gasteiger partial charge in [0.05, 0.1) is 13.3 Å². The van der Waals surface area contributed by atoms with Crippen LogP contribution in [0.2, 0.25) is 0 Å². The lowest BCUT2D eigenvalue weighted by Crippen LogP contribution is -2.17. The van der Waals surface area contributed by atoms with Crippen LogP contribution in [-0.4, -0.2) is 11.9 Å². The second-order valence-electron chi connectivity index (χ2n) is 3.58. The van der Waals surface area contributed by atoms with Crippen molar-refractivity contribution in [3.63, 3.8) is 0 Å². The molecule has 0 spiro atoms. The molecule has 0 heterocycles. The Morgan fingerprint density at radius 3 is 2.09 bits per heavy atom. The van der Waals surface area contributed by atoms with E-state index in [1.54, 1.807) is 0 Å². The smallest absolute Gasteiger partial charge is 0.314 e. The molecule has 0 aliphatic heterocycles. The monoisotopic (exact) mass is 157 g/mol. The van der Waals surface area contributed by atoms with Gasteiger partial charge in [0.25, 0.3) is 0 Å². The first-order chi connectivity index (χ1) is 4.81. The minimum Gasteiger partial charge on any atom is -0.393 e. The van der Waals surface area contributed by atoms with Gasteiger partial charge in [-0.05, 0) is 5.41 Å². The second kappa shape index (κ2) is 3.51. The average Bonchev–Trinajstić information content (AvgIpc) is 1.53. The van der Waals surface area contributed by atoms with Gasteiger partial charge in [-0.15, -0.1) is 0 Å². The van der Waals surface area contributed by atoms with E-state index in [4.69, 9.17) is 0 Å². The number of hydrogen-bond donors (Lipinski definition) is 0. The topological polar surface area (TPSA) is 43.4 Å². The molecule has 0 unspecified atom stereocenters. The summed E-state index contributed by atoms with van der Waals surface area (Å²) in [7, 11) is 0. The van der Waals surface area contributed by atoms with Crippen LogP contribution in [0.1, 0.15) is 27.2 Å². The summed E-state index contributed by atoms with van der Waals surface area (Å²) in [5.74, 6) is -1.31. The highest BCUT2D eigenvalue weighted by Crippen LogP contribution is 2.18. The highest BCUT2D eigenvalue weighted by Gasteiger charge is 2.17. The van der Waals surface area contributed by atoms with Gasteiger partial charge in [-0.1, -0.05) is 20.8 Å². The Kier molecular flexibility index (Phi) is 3.23. The third-order valence-corrected chi connectivity index (χ3v) is 0.902. The maximum atomic E-state index is 10.8. The van der Waals surface area contributed by atoms with E-state index in [-0.39, 0.29) is 11.8 Å². The summed E-state index contributed by atoms with van der Waals surface area (Å²) >= 11 is 0. The van der Waals surface area contributed by atoms with Crippen LogP contribution >= 0.6 is 0 Å². The molecule has 0 atom stereocenters. The highest BCUT2D eigenvalue weighted by atomic mass is 16.6. The Balaban J connectivity index is 3.80. The number of ether oxygens (including phenoxy) is 1. The highest BCUT2D eigenvalue weighted by molar-refractivity contribution is 5.87. The van der Waals surface area contributed by atoms with Crippen LogP contribution in [0, 0.1) is 12.3 Å². The molecule has 63 valence electrons. The fraction of sp³-hybridized carbons (Fsp3) is 0.625. The minimum atomic E-state index is -0.792. The minimum absolute atomic E-state index is 0.146. The van der Waals surface area contributed by atoms with Gasteiger partial charge in [-0.3, -0.25) is 9.59 Å². The van der Waals surface area contributed by atoms with Crippen molar-refractivity contribution in [2.45, 2.75) is 27.2 Å². The van der Waals surface area contributed by atoms with Gasteiger partial charge in [0.15, 0.2) is 0 Å². The molecule has 0 aliphatic rings. The summed E-state index contributed by atoms with van der Waals surface area (Å²) in [6, 6.07) is 0. The van der Waals surface area contributed by atoms with Crippen molar-refractivity contribution in [2.24, 2.45) is 5.41 Å². The van der Waals surface area contributed by atoms with Gasteiger partial charge in [0.2, 0.25) is 0 Å². The molecule has 0 saturated carbocycles.